The van der Waals surface area contributed by atoms with Gasteiger partial charge in [-0.1, -0.05) is 32.0 Å². The first-order chi connectivity index (χ1) is 14.4. The Labute approximate surface area is 176 Å². The maximum Gasteiger partial charge on any atom is 0.255 e. The zero-order chi connectivity index (χ0) is 21.8. The molecule has 30 heavy (non-hydrogen) atoms. The fourth-order valence-electron chi connectivity index (χ4n) is 3.73. The SMILES string of the molecule is COc1cc(NC(=O)[C@@H](CC(C)C)N2Cc3ccccc3C2=O)cc(OC)c1OC. The smallest absolute Gasteiger partial charge is 0.255 e. The fourth-order valence-corrected chi connectivity index (χ4v) is 3.73. The predicted molar refractivity (Wildman–Crippen MR) is 114 cm³/mol. The summed E-state index contributed by atoms with van der Waals surface area (Å²) in [4.78, 5) is 27.9. The molecule has 3 rings (SSSR count). The number of hydrogen-bond acceptors (Lipinski definition) is 5. The van der Waals surface area contributed by atoms with E-state index in [1.807, 2.05) is 32.0 Å². The number of rotatable bonds is 8. The molecule has 0 saturated heterocycles. The summed E-state index contributed by atoms with van der Waals surface area (Å²) < 4.78 is 16.1. The van der Waals surface area contributed by atoms with Crippen LogP contribution < -0.4 is 19.5 Å². The number of hydrogen-bond donors (Lipinski definition) is 1. The van der Waals surface area contributed by atoms with Gasteiger partial charge >= 0.3 is 0 Å². The first-order valence-corrected chi connectivity index (χ1v) is 9.89. The Hall–Kier alpha value is -3.22. The molecule has 1 aliphatic rings. The van der Waals surface area contributed by atoms with Gasteiger partial charge in [0.05, 0.1) is 21.3 Å². The molecule has 2 aromatic rings. The van der Waals surface area contributed by atoms with Crippen LogP contribution in [0.3, 0.4) is 0 Å². The number of carbonyl (C=O) groups excluding carboxylic acids is 2. The molecule has 1 heterocycles. The van der Waals surface area contributed by atoms with Gasteiger partial charge in [0, 0.05) is 29.9 Å². The summed E-state index contributed by atoms with van der Waals surface area (Å²) in [5.74, 6) is 1.20. The van der Waals surface area contributed by atoms with Gasteiger partial charge in [-0.2, -0.15) is 0 Å². The third-order valence-electron chi connectivity index (χ3n) is 5.16. The molecular formula is C23H28N2O5. The van der Waals surface area contributed by atoms with Crippen LogP contribution in [0.4, 0.5) is 5.69 Å². The van der Waals surface area contributed by atoms with Crippen molar-refractivity contribution < 1.29 is 23.8 Å². The Morgan fingerprint density at radius 2 is 1.70 bits per heavy atom. The summed E-state index contributed by atoms with van der Waals surface area (Å²) in [5, 5.41) is 2.92. The lowest BCUT2D eigenvalue weighted by Gasteiger charge is -2.28. The molecule has 0 aromatic heterocycles. The van der Waals surface area contributed by atoms with Crippen LogP contribution in [0.25, 0.3) is 0 Å². The minimum Gasteiger partial charge on any atom is -0.493 e. The molecule has 160 valence electrons. The molecule has 0 bridgehead atoms. The third-order valence-corrected chi connectivity index (χ3v) is 5.16. The van der Waals surface area contributed by atoms with Crippen LogP contribution >= 0.6 is 0 Å². The van der Waals surface area contributed by atoms with E-state index in [1.54, 1.807) is 23.1 Å². The minimum absolute atomic E-state index is 0.115. The topological polar surface area (TPSA) is 77.1 Å². The summed E-state index contributed by atoms with van der Waals surface area (Å²) >= 11 is 0. The lowest BCUT2D eigenvalue weighted by atomic mass is 10.0. The van der Waals surface area contributed by atoms with Crippen molar-refractivity contribution in [2.45, 2.75) is 32.9 Å². The molecule has 1 N–H and O–H groups in total. The number of nitrogens with zero attached hydrogens (tertiary/aromatic N) is 1. The molecule has 0 unspecified atom stereocenters. The second-order valence-corrected chi connectivity index (χ2v) is 7.64. The van der Waals surface area contributed by atoms with Gasteiger partial charge in [-0.3, -0.25) is 9.59 Å². The van der Waals surface area contributed by atoms with Crippen molar-refractivity contribution in [1.82, 2.24) is 4.90 Å². The first-order valence-electron chi connectivity index (χ1n) is 9.89. The number of fused-ring (bicyclic) bond motifs is 1. The van der Waals surface area contributed by atoms with E-state index in [1.165, 1.54) is 21.3 Å². The Morgan fingerprint density at radius 1 is 1.07 bits per heavy atom. The molecule has 7 nitrogen and oxygen atoms in total. The zero-order valence-electron chi connectivity index (χ0n) is 18.0. The van der Waals surface area contributed by atoms with E-state index in [4.69, 9.17) is 14.2 Å². The highest BCUT2D eigenvalue weighted by molar-refractivity contribution is 6.03. The minimum atomic E-state index is -0.594. The van der Waals surface area contributed by atoms with Crippen molar-refractivity contribution in [1.29, 1.82) is 0 Å². The maximum absolute atomic E-state index is 13.3. The van der Waals surface area contributed by atoms with Gasteiger partial charge in [0.2, 0.25) is 11.7 Å². The number of anilines is 1. The normalized spacial score (nSPS) is 13.8. The highest BCUT2D eigenvalue weighted by Gasteiger charge is 2.36. The van der Waals surface area contributed by atoms with Gasteiger partial charge in [-0.05, 0) is 24.0 Å². The quantitative estimate of drug-likeness (QED) is 0.715. The van der Waals surface area contributed by atoms with Gasteiger partial charge in [0.15, 0.2) is 11.5 Å². The monoisotopic (exact) mass is 412 g/mol. The lowest BCUT2D eigenvalue weighted by Crippen LogP contribution is -2.45. The first kappa shape index (κ1) is 21.5. The van der Waals surface area contributed by atoms with E-state index in [2.05, 4.69) is 5.32 Å². The molecular weight excluding hydrogens is 384 g/mol. The van der Waals surface area contributed by atoms with Gasteiger partial charge in [-0.25, -0.2) is 0 Å². The van der Waals surface area contributed by atoms with E-state index in [-0.39, 0.29) is 17.7 Å². The second kappa shape index (κ2) is 9.07. The average molecular weight is 412 g/mol. The molecule has 0 spiro atoms. The Morgan fingerprint density at radius 3 is 2.23 bits per heavy atom. The zero-order valence-corrected chi connectivity index (χ0v) is 18.0. The Kier molecular flexibility index (Phi) is 6.50. The van der Waals surface area contributed by atoms with Crippen LogP contribution in [-0.4, -0.2) is 44.1 Å². The Bertz CT molecular complexity index is 916. The number of carbonyl (C=O) groups is 2. The number of ether oxygens (including phenoxy) is 3. The summed E-state index contributed by atoms with van der Waals surface area (Å²) in [6.07, 6.45) is 0.552. The van der Waals surface area contributed by atoms with E-state index in [0.717, 1.165) is 5.56 Å². The maximum atomic E-state index is 13.3. The molecule has 7 heteroatoms. The number of benzene rings is 2. The van der Waals surface area contributed by atoms with E-state index >= 15 is 0 Å². The van der Waals surface area contributed by atoms with Gasteiger partial charge in [0.1, 0.15) is 6.04 Å². The van der Waals surface area contributed by atoms with E-state index in [9.17, 15) is 9.59 Å². The van der Waals surface area contributed by atoms with Crippen LogP contribution in [0.5, 0.6) is 17.2 Å². The summed E-state index contributed by atoms with van der Waals surface area (Å²) in [6.45, 7) is 4.50. The molecule has 0 saturated carbocycles. The molecule has 1 aliphatic heterocycles. The van der Waals surface area contributed by atoms with Gasteiger partial charge < -0.3 is 24.4 Å². The summed E-state index contributed by atoms with van der Waals surface area (Å²) in [7, 11) is 4.56. The van der Waals surface area contributed by atoms with Gasteiger partial charge in [0.25, 0.3) is 5.91 Å². The van der Waals surface area contributed by atoms with E-state index in [0.29, 0.717) is 41.5 Å². The van der Waals surface area contributed by atoms with E-state index < -0.39 is 6.04 Å². The average Bonchev–Trinajstić information content (AvgIpc) is 3.07. The van der Waals surface area contributed by atoms with Crippen molar-refractivity contribution in [3.63, 3.8) is 0 Å². The third kappa shape index (κ3) is 4.20. The van der Waals surface area contributed by atoms with Crippen molar-refractivity contribution in [2.24, 2.45) is 5.92 Å². The second-order valence-electron chi connectivity index (χ2n) is 7.64. The highest BCUT2D eigenvalue weighted by Crippen LogP contribution is 2.40. The molecule has 2 aromatic carbocycles. The number of amides is 2. The Balaban J connectivity index is 1.88. The number of nitrogens with one attached hydrogen (secondary N) is 1. The van der Waals surface area contributed by atoms with Crippen LogP contribution in [0.1, 0.15) is 36.2 Å². The molecule has 0 aliphatic carbocycles. The molecule has 1 atom stereocenters. The largest absolute Gasteiger partial charge is 0.493 e. The standard InChI is InChI=1S/C23H28N2O5/c1-14(2)10-18(25-13-15-8-6-7-9-17(15)23(25)27)22(26)24-16-11-19(28-3)21(30-5)20(12-16)29-4/h6-9,11-12,14,18H,10,13H2,1-5H3,(H,24,26)/t18-/m1/s1. The molecule has 0 fully saturated rings. The highest BCUT2D eigenvalue weighted by atomic mass is 16.5. The van der Waals surface area contributed by atoms with Crippen molar-refractivity contribution in [2.75, 3.05) is 26.6 Å². The van der Waals surface area contributed by atoms with Crippen LogP contribution in [-0.2, 0) is 11.3 Å². The van der Waals surface area contributed by atoms with Crippen LogP contribution in [0.2, 0.25) is 0 Å². The summed E-state index contributed by atoms with van der Waals surface area (Å²) in [6, 6.07) is 10.2. The van der Waals surface area contributed by atoms with Crippen molar-refractivity contribution in [3.05, 3.63) is 47.5 Å². The fraction of sp³-hybridized carbons (Fsp3) is 0.391. The molecule has 0 radical (unpaired) electrons. The predicted octanol–water partition coefficient (Wildman–Crippen LogP) is 3.72. The van der Waals surface area contributed by atoms with Crippen LogP contribution in [0.15, 0.2) is 36.4 Å². The summed E-state index contributed by atoms with van der Waals surface area (Å²) in [5.41, 5.74) is 2.11. The van der Waals surface area contributed by atoms with Crippen LogP contribution in [0, 0.1) is 5.92 Å². The van der Waals surface area contributed by atoms with Gasteiger partial charge in [-0.15, -0.1) is 0 Å². The molecule has 2 amide bonds. The number of methoxy groups -OCH3 is 3. The lowest BCUT2D eigenvalue weighted by molar-refractivity contribution is -0.121. The van der Waals surface area contributed by atoms with Crippen molar-refractivity contribution >= 4 is 17.5 Å². The van der Waals surface area contributed by atoms with Crippen molar-refractivity contribution in [3.8, 4) is 17.2 Å².